The summed E-state index contributed by atoms with van der Waals surface area (Å²) in [6.45, 7) is 0.172. The molecule has 0 fully saturated rings. The molecule has 0 saturated carbocycles. The molecular weight excluding hydrogens is 360 g/mol. The van der Waals surface area contributed by atoms with Crippen molar-refractivity contribution in [3.05, 3.63) is 55.1 Å². The SMILES string of the molecule is O=C(NCc1ccc(Cl)s1)c1c(F)cc(Br)cc1F. The van der Waals surface area contributed by atoms with Crippen LogP contribution in [0.25, 0.3) is 0 Å². The lowest BCUT2D eigenvalue weighted by molar-refractivity contribution is 0.0943. The van der Waals surface area contributed by atoms with Crippen LogP contribution in [0.2, 0.25) is 4.34 Å². The van der Waals surface area contributed by atoms with Gasteiger partial charge in [0.15, 0.2) is 0 Å². The third kappa shape index (κ3) is 3.52. The molecule has 1 heterocycles. The highest BCUT2D eigenvalue weighted by atomic mass is 79.9. The Morgan fingerprint density at radius 3 is 2.47 bits per heavy atom. The van der Waals surface area contributed by atoms with Crippen molar-refractivity contribution in [2.45, 2.75) is 6.54 Å². The first kappa shape index (κ1) is 14.4. The molecule has 100 valence electrons. The van der Waals surface area contributed by atoms with Gasteiger partial charge in [0, 0.05) is 9.35 Å². The van der Waals surface area contributed by atoms with E-state index < -0.39 is 23.1 Å². The molecule has 1 aromatic heterocycles. The summed E-state index contributed by atoms with van der Waals surface area (Å²) < 4.78 is 27.9. The molecule has 1 amide bonds. The lowest BCUT2D eigenvalue weighted by atomic mass is 10.2. The zero-order valence-corrected chi connectivity index (χ0v) is 12.5. The molecule has 1 N–H and O–H groups in total. The first-order chi connectivity index (χ1) is 8.97. The monoisotopic (exact) mass is 365 g/mol. The van der Waals surface area contributed by atoms with Crippen molar-refractivity contribution in [1.29, 1.82) is 0 Å². The fourth-order valence-corrected chi connectivity index (χ4v) is 2.89. The van der Waals surface area contributed by atoms with Gasteiger partial charge in [-0.15, -0.1) is 11.3 Å². The Hall–Kier alpha value is -0.980. The van der Waals surface area contributed by atoms with Gasteiger partial charge in [0.2, 0.25) is 0 Å². The van der Waals surface area contributed by atoms with Gasteiger partial charge in [0.1, 0.15) is 17.2 Å². The van der Waals surface area contributed by atoms with Crippen LogP contribution in [0.15, 0.2) is 28.7 Å². The number of halogens is 4. The van der Waals surface area contributed by atoms with E-state index in [9.17, 15) is 13.6 Å². The lowest BCUT2D eigenvalue weighted by Crippen LogP contribution is -2.24. The number of rotatable bonds is 3. The molecule has 2 rings (SSSR count). The Morgan fingerprint density at radius 2 is 1.95 bits per heavy atom. The van der Waals surface area contributed by atoms with Crippen LogP contribution in [-0.4, -0.2) is 5.91 Å². The summed E-state index contributed by atoms with van der Waals surface area (Å²) in [7, 11) is 0. The highest BCUT2D eigenvalue weighted by Crippen LogP contribution is 2.22. The molecule has 0 aliphatic rings. The van der Waals surface area contributed by atoms with Crippen molar-refractivity contribution in [3.8, 4) is 0 Å². The quantitative estimate of drug-likeness (QED) is 0.858. The lowest BCUT2D eigenvalue weighted by Gasteiger charge is -2.06. The van der Waals surface area contributed by atoms with E-state index in [1.807, 2.05) is 0 Å². The third-order valence-electron chi connectivity index (χ3n) is 2.29. The Balaban J connectivity index is 2.12. The van der Waals surface area contributed by atoms with Crippen LogP contribution in [0.1, 0.15) is 15.2 Å². The second-order valence-corrected chi connectivity index (χ2v) is 6.35. The molecule has 0 radical (unpaired) electrons. The number of benzene rings is 1. The van der Waals surface area contributed by atoms with E-state index in [1.54, 1.807) is 12.1 Å². The standard InChI is InChI=1S/C12H7BrClF2NOS/c13-6-3-8(15)11(9(16)4-6)12(18)17-5-7-1-2-10(14)19-7/h1-4H,5H2,(H,17,18). The maximum atomic E-state index is 13.5. The minimum Gasteiger partial charge on any atom is -0.347 e. The molecule has 1 aromatic carbocycles. The Morgan fingerprint density at radius 1 is 1.32 bits per heavy atom. The van der Waals surface area contributed by atoms with Crippen molar-refractivity contribution in [1.82, 2.24) is 5.32 Å². The summed E-state index contributed by atoms with van der Waals surface area (Å²) in [4.78, 5) is 12.5. The topological polar surface area (TPSA) is 29.1 Å². The van der Waals surface area contributed by atoms with E-state index in [0.717, 1.165) is 17.0 Å². The molecule has 7 heteroatoms. The van der Waals surface area contributed by atoms with Crippen molar-refractivity contribution in [2.75, 3.05) is 0 Å². The summed E-state index contributed by atoms with van der Waals surface area (Å²) >= 11 is 9.98. The van der Waals surface area contributed by atoms with Gasteiger partial charge in [-0.2, -0.15) is 0 Å². The minimum atomic E-state index is -0.909. The largest absolute Gasteiger partial charge is 0.347 e. The summed E-state index contributed by atoms with van der Waals surface area (Å²) in [6.07, 6.45) is 0. The van der Waals surface area contributed by atoms with Crippen LogP contribution in [-0.2, 0) is 6.54 Å². The second kappa shape index (κ2) is 5.98. The van der Waals surface area contributed by atoms with Crippen LogP contribution in [0.4, 0.5) is 8.78 Å². The Kier molecular flexibility index (Phi) is 4.54. The molecule has 19 heavy (non-hydrogen) atoms. The molecule has 0 bridgehead atoms. The van der Waals surface area contributed by atoms with Gasteiger partial charge in [-0.25, -0.2) is 8.78 Å². The van der Waals surface area contributed by atoms with Crippen LogP contribution in [0.5, 0.6) is 0 Å². The summed E-state index contributed by atoms with van der Waals surface area (Å²) in [5.74, 6) is -2.62. The zero-order valence-electron chi connectivity index (χ0n) is 9.34. The number of thiophene rings is 1. The third-order valence-corrected chi connectivity index (χ3v) is 3.97. The molecular formula is C12H7BrClF2NOS. The fraction of sp³-hybridized carbons (Fsp3) is 0.0833. The maximum absolute atomic E-state index is 13.5. The van der Waals surface area contributed by atoms with Crippen molar-refractivity contribution in [3.63, 3.8) is 0 Å². The number of amides is 1. The molecule has 0 saturated heterocycles. The van der Waals surface area contributed by atoms with Gasteiger partial charge in [-0.05, 0) is 24.3 Å². The van der Waals surface area contributed by atoms with Crippen molar-refractivity contribution < 1.29 is 13.6 Å². The molecule has 0 aliphatic heterocycles. The van der Waals surface area contributed by atoms with Crippen LogP contribution < -0.4 is 5.32 Å². The van der Waals surface area contributed by atoms with Gasteiger partial charge < -0.3 is 5.32 Å². The van der Waals surface area contributed by atoms with Gasteiger partial charge in [-0.3, -0.25) is 4.79 Å². The predicted octanol–water partition coefficient (Wildman–Crippen LogP) is 4.37. The Bertz CT molecular complexity index is 609. The van der Waals surface area contributed by atoms with E-state index in [2.05, 4.69) is 21.2 Å². The minimum absolute atomic E-state index is 0.172. The zero-order chi connectivity index (χ0) is 14.0. The number of nitrogens with one attached hydrogen (secondary N) is 1. The molecule has 0 aliphatic carbocycles. The van der Waals surface area contributed by atoms with Crippen molar-refractivity contribution >= 4 is 44.8 Å². The van der Waals surface area contributed by atoms with Crippen LogP contribution >= 0.6 is 38.9 Å². The second-order valence-electron chi connectivity index (χ2n) is 3.63. The smallest absolute Gasteiger partial charge is 0.257 e. The number of carbonyl (C=O) groups is 1. The van der Waals surface area contributed by atoms with E-state index in [0.29, 0.717) is 4.34 Å². The van der Waals surface area contributed by atoms with E-state index in [4.69, 9.17) is 11.6 Å². The maximum Gasteiger partial charge on any atom is 0.257 e. The summed E-state index contributed by atoms with van der Waals surface area (Å²) in [6, 6.07) is 5.51. The van der Waals surface area contributed by atoms with E-state index in [1.165, 1.54) is 11.3 Å². The molecule has 0 spiro atoms. The average Bonchev–Trinajstić information content (AvgIpc) is 2.71. The molecule has 2 aromatic rings. The van der Waals surface area contributed by atoms with Crippen LogP contribution in [0.3, 0.4) is 0 Å². The van der Waals surface area contributed by atoms with Gasteiger partial charge in [-0.1, -0.05) is 27.5 Å². The van der Waals surface area contributed by atoms with Gasteiger partial charge >= 0.3 is 0 Å². The number of carbonyl (C=O) groups excluding carboxylic acids is 1. The molecule has 0 unspecified atom stereocenters. The van der Waals surface area contributed by atoms with Crippen molar-refractivity contribution in [2.24, 2.45) is 0 Å². The van der Waals surface area contributed by atoms with Gasteiger partial charge in [0.25, 0.3) is 5.91 Å². The van der Waals surface area contributed by atoms with Gasteiger partial charge in [0.05, 0.1) is 10.9 Å². The first-order valence-electron chi connectivity index (χ1n) is 5.14. The summed E-state index contributed by atoms with van der Waals surface area (Å²) in [5.41, 5.74) is -0.592. The fourth-order valence-electron chi connectivity index (χ4n) is 1.46. The average molecular weight is 367 g/mol. The highest BCUT2D eigenvalue weighted by molar-refractivity contribution is 9.10. The highest BCUT2D eigenvalue weighted by Gasteiger charge is 2.18. The van der Waals surface area contributed by atoms with E-state index in [-0.39, 0.29) is 11.0 Å². The number of hydrogen-bond donors (Lipinski definition) is 1. The van der Waals surface area contributed by atoms with E-state index >= 15 is 0 Å². The predicted molar refractivity (Wildman–Crippen MR) is 74.6 cm³/mol. The number of hydrogen-bond acceptors (Lipinski definition) is 2. The first-order valence-corrected chi connectivity index (χ1v) is 7.13. The molecule has 2 nitrogen and oxygen atoms in total. The molecule has 0 atom stereocenters. The Labute approximate surface area is 125 Å². The summed E-state index contributed by atoms with van der Waals surface area (Å²) in [5, 5.41) is 2.45. The normalized spacial score (nSPS) is 10.5. The van der Waals surface area contributed by atoms with Crippen LogP contribution in [0, 0.1) is 11.6 Å².